The van der Waals surface area contributed by atoms with Crippen molar-refractivity contribution >= 4 is 29.2 Å². The SMILES string of the molecule is CCCCN(Cl)/C=C1/C=CC(Cl)=CC1=O. The normalized spacial score (nSPS) is 18.2. The van der Waals surface area contributed by atoms with Crippen molar-refractivity contribution in [3.05, 3.63) is 35.0 Å². The van der Waals surface area contributed by atoms with E-state index in [2.05, 4.69) is 6.92 Å². The molecule has 0 heterocycles. The molecular weight excluding hydrogens is 233 g/mol. The third kappa shape index (κ3) is 4.10. The molecule has 2 nitrogen and oxygen atoms in total. The number of ketones is 1. The first-order chi connectivity index (χ1) is 7.13. The fourth-order valence-electron chi connectivity index (χ4n) is 1.14. The second-order valence-electron chi connectivity index (χ2n) is 3.29. The summed E-state index contributed by atoms with van der Waals surface area (Å²) in [5.74, 6) is -0.107. The molecule has 0 aromatic carbocycles. The van der Waals surface area contributed by atoms with Crippen LogP contribution in [0.15, 0.2) is 35.0 Å². The average Bonchev–Trinajstić information content (AvgIpc) is 2.19. The zero-order chi connectivity index (χ0) is 11.3. The summed E-state index contributed by atoms with van der Waals surface area (Å²) < 4.78 is 1.51. The second kappa shape index (κ2) is 5.99. The molecule has 0 aliphatic heterocycles. The number of carbonyl (C=O) groups excluding carboxylic acids is 1. The Labute approximate surface area is 100.0 Å². The molecule has 0 spiro atoms. The predicted molar refractivity (Wildman–Crippen MR) is 63.6 cm³/mol. The Morgan fingerprint density at radius 1 is 1.47 bits per heavy atom. The molecule has 1 aliphatic rings. The quantitative estimate of drug-likeness (QED) is 0.559. The second-order valence-corrected chi connectivity index (χ2v) is 4.16. The Kier molecular flexibility index (Phi) is 4.92. The molecule has 0 aromatic heterocycles. The van der Waals surface area contributed by atoms with Gasteiger partial charge in [0, 0.05) is 41.2 Å². The van der Waals surface area contributed by atoms with E-state index in [-0.39, 0.29) is 5.78 Å². The molecule has 82 valence electrons. The summed E-state index contributed by atoms with van der Waals surface area (Å²) in [5.41, 5.74) is 0.561. The lowest BCUT2D eigenvalue weighted by molar-refractivity contribution is -0.111. The molecule has 0 atom stereocenters. The van der Waals surface area contributed by atoms with Gasteiger partial charge in [-0.15, -0.1) is 0 Å². The van der Waals surface area contributed by atoms with E-state index in [1.165, 1.54) is 10.5 Å². The fraction of sp³-hybridized carbons (Fsp3) is 0.364. The Morgan fingerprint density at radius 3 is 2.80 bits per heavy atom. The number of rotatable bonds is 4. The monoisotopic (exact) mass is 245 g/mol. The van der Waals surface area contributed by atoms with Crippen molar-refractivity contribution < 1.29 is 4.79 Å². The van der Waals surface area contributed by atoms with Gasteiger partial charge in [-0.2, -0.15) is 0 Å². The number of hydrogen-bond acceptors (Lipinski definition) is 2. The summed E-state index contributed by atoms with van der Waals surface area (Å²) in [6, 6.07) is 0. The first-order valence-electron chi connectivity index (χ1n) is 4.87. The van der Waals surface area contributed by atoms with Crippen molar-refractivity contribution in [2.24, 2.45) is 0 Å². The number of nitrogens with zero attached hydrogens (tertiary/aromatic N) is 1. The smallest absolute Gasteiger partial charge is 0.188 e. The molecule has 0 bridgehead atoms. The lowest BCUT2D eigenvalue weighted by Crippen LogP contribution is -2.10. The van der Waals surface area contributed by atoms with Crippen LogP contribution in [0.25, 0.3) is 0 Å². The molecule has 0 unspecified atom stereocenters. The van der Waals surface area contributed by atoms with E-state index in [0.717, 1.165) is 19.4 Å². The molecule has 0 saturated heterocycles. The van der Waals surface area contributed by atoms with Crippen LogP contribution in [0.3, 0.4) is 0 Å². The van der Waals surface area contributed by atoms with Gasteiger partial charge < -0.3 is 0 Å². The maximum atomic E-state index is 11.4. The topological polar surface area (TPSA) is 20.3 Å². The van der Waals surface area contributed by atoms with E-state index in [4.69, 9.17) is 23.4 Å². The minimum Gasteiger partial charge on any atom is -0.292 e. The van der Waals surface area contributed by atoms with Gasteiger partial charge in [-0.05, 0) is 18.6 Å². The van der Waals surface area contributed by atoms with Gasteiger partial charge in [-0.3, -0.25) is 9.21 Å². The van der Waals surface area contributed by atoms with Gasteiger partial charge in [-0.1, -0.05) is 24.9 Å². The minimum absolute atomic E-state index is 0.107. The van der Waals surface area contributed by atoms with E-state index in [1.807, 2.05) is 0 Å². The summed E-state index contributed by atoms with van der Waals surface area (Å²) in [4.78, 5) is 11.4. The van der Waals surface area contributed by atoms with Crippen LogP contribution in [0.2, 0.25) is 0 Å². The Morgan fingerprint density at radius 2 is 2.20 bits per heavy atom. The van der Waals surface area contributed by atoms with Crippen LogP contribution in [0.5, 0.6) is 0 Å². The molecule has 0 amide bonds. The summed E-state index contributed by atoms with van der Waals surface area (Å²) >= 11 is 11.6. The summed E-state index contributed by atoms with van der Waals surface area (Å²) in [5, 5.41) is 0.451. The van der Waals surface area contributed by atoms with Gasteiger partial charge in [0.15, 0.2) is 5.78 Å². The van der Waals surface area contributed by atoms with E-state index < -0.39 is 0 Å². The number of carbonyl (C=O) groups is 1. The van der Waals surface area contributed by atoms with Gasteiger partial charge in [-0.25, -0.2) is 0 Å². The highest BCUT2D eigenvalue weighted by Crippen LogP contribution is 2.16. The zero-order valence-electron chi connectivity index (χ0n) is 8.54. The highest BCUT2D eigenvalue weighted by molar-refractivity contribution is 6.34. The number of unbranched alkanes of at least 4 members (excludes halogenated alkanes) is 1. The van der Waals surface area contributed by atoms with E-state index >= 15 is 0 Å². The molecule has 1 rings (SSSR count). The van der Waals surface area contributed by atoms with Gasteiger partial charge in [0.05, 0.1) is 0 Å². The van der Waals surface area contributed by atoms with Crippen LogP contribution in [-0.4, -0.2) is 16.7 Å². The Hall–Kier alpha value is -0.730. The minimum atomic E-state index is -0.107. The number of halogens is 2. The van der Waals surface area contributed by atoms with Gasteiger partial charge >= 0.3 is 0 Å². The summed E-state index contributed by atoms with van der Waals surface area (Å²) in [6.45, 7) is 2.83. The highest BCUT2D eigenvalue weighted by atomic mass is 35.5. The van der Waals surface area contributed by atoms with Gasteiger partial charge in [0.1, 0.15) is 0 Å². The molecule has 0 fully saturated rings. The third-order valence-electron chi connectivity index (χ3n) is 1.98. The van der Waals surface area contributed by atoms with Crippen LogP contribution < -0.4 is 0 Å². The number of allylic oxidation sites excluding steroid dienone is 5. The van der Waals surface area contributed by atoms with E-state index in [9.17, 15) is 4.79 Å². The lowest BCUT2D eigenvalue weighted by atomic mass is 10.1. The van der Waals surface area contributed by atoms with Crippen molar-refractivity contribution in [1.82, 2.24) is 4.42 Å². The van der Waals surface area contributed by atoms with Crippen molar-refractivity contribution in [3.8, 4) is 0 Å². The third-order valence-corrected chi connectivity index (χ3v) is 2.48. The maximum Gasteiger partial charge on any atom is 0.188 e. The zero-order valence-corrected chi connectivity index (χ0v) is 10.1. The van der Waals surface area contributed by atoms with Crippen LogP contribution in [0.4, 0.5) is 0 Å². The van der Waals surface area contributed by atoms with Crippen molar-refractivity contribution in [1.29, 1.82) is 0 Å². The highest BCUT2D eigenvalue weighted by Gasteiger charge is 2.10. The van der Waals surface area contributed by atoms with Crippen LogP contribution in [0, 0.1) is 0 Å². The maximum absolute atomic E-state index is 11.4. The fourth-order valence-corrected chi connectivity index (χ4v) is 1.53. The van der Waals surface area contributed by atoms with Gasteiger partial charge in [0.2, 0.25) is 0 Å². The van der Waals surface area contributed by atoms with Crippen LogP contribution in [-0.2, 0) is 4.79 Å². The van der Waals surface area contributed by atoms with E-state index in [1.54, 1.807) is 18.4 Å². The predicted octanol–water partition coefficient (Wildman–Crippen LogP) is 3.39. The van der Waals surface area contributed by atoms with Crippen molar-refractivity contribution in [2.45, 2.75) is 19.8 Å². The van der Waals surface area contributed by atoms with Gasteiger partial charge in [0.25, 0.3) is 0 Å². The molecule has 1 aliphatic carbocycles. The Bertz CT molecular complexity index is 331. The Balaban J connectivity index is 2.61. The van der Waals surface area contributed by atoms with Crippen LogP contribution >= 0.6 is 23.4 Å². The number of hydrogen-bond donors (Lipinski definition) is 0. The van der Waals surface area contributed by atoms with E-state index in [0.29, 0.717) is 10.6 Å². The first-order valence-corrected chi connectivity index (χ1v) is 5.59. The molecule has 0 saturated carbocycles. The molecule has 0 radical (unpaired) electrons. The summed E-state index contributed by atoms with van der Waals surface area (Å²) in [6.07, 6.45) is 8.45. The molecular formula is C11H13Cl2NO. The summed E-state index contributed by atoms with van der Waals surface area (Å²) in [7, 11) is 0. The van der Waals surface area contributed by atoms with Crippen molar-refractivity contribution in [3.63, 3.8) is 0 Å². The average molecular weight is 246 g/mol. The first kappa shape index (κ1) is 12.3. The molecule has 0 N–H and O–H groups in total. The molecule has 15 heavy (non-hydrogen) atoms. The lowest BCUT2D eigenvalue weighted by Gasteiger charge is -2.12. The van der Waals surface area contributed by atoms with Crippen LogP contribution in [0.1, 0.15) is 19.8 Å². The van der Waals surface area contributed by atoms with Crippen molar-refractivity contribution in [2.75, 3.05) is 6.54 Å². The largest absolute Gasteiger partial charge is 0.292 e. The standard InChI is InChI=1S/C11H13Cl2NO/c1-2-3-6-14(13)8-9-4-5-10(12)7-11(9)15/h4-5,7-8H,2-3,6H2,1H3/b9-8-. The molecule has 0 aromatic rings. The molecule has 4 heteroatoms.